The zero-order chi connectivity index (χ0) is 9.84. The first kappa shape index (κ1) is 10.9. The van der Waals surface area contributed by atoms with Crippen LogP contribution in [0.2, 0.25) is 0 Å². The largest absolute Gasteiger partial charge is 0.398 e. The second-order valence-electron chi connectivity index (χ2n) is 3.18. The Bertz CT molecular complexity index is 286. The standard InChI is InChI=1S/C10H14BrNS/c1-7(2)13-6-8-4-3-5-9(12)10(8)11/h3-5,7H,6,12H2,1-2H3. The zero-order valence-electron chi connectivity index (χ0n) is 7.88. The molecule has 0 amide bonds. The minimum atomic E-state index is 0.660. The number of nitrogen functional groups attached to an aromatic ring is 1. The van der Waals surface area contributed by atoms with E-state index in [0.29, 0.717) is 5.25 Å². The van der Waals surface area contributed by atoms with Gasteiger partial charge in [0.25, 0.3) is 0 Å². The summed E-state index contributed by atoms with van der Waals surface area (Å²) in [5.74, 6) is 1.02. The van der Waals surface area contributed by atoms with E-state index in [4.69, 9.17) is 5.73 Å². The van der Waals surface area contributed by atoms with Crippen molar-refractivity contribution < 1.29 is 0 Å². The van der Waals surface area contributed by atoms with Crippen LogP contribution in [-0.4, -0.2) is 5.25 Å². The van der Waals surface area contributed by atoms with Crippen LogP contribution in [0.4, 0.5) is 5.69 Å². The van der Waals surface area contributed by atoms with E-state index in [2.05, 4.69) is 35.8 Å². The maximum Gasteiger partial charge on any atom is 0.0461 e. The molecule has 0 aliphatic heterocycles. The first-order valence-corrected chi connectivity index (χ1v) is 6.10. The lowest BCUT2D eigenvalue weighted by Gasteiger charge is -2.08. The van der Waals surface area contributed by atoms with Gasteiger partial charge in [-0.05, 0) is 32.8 Å². The summed E-state index contributed by atoms with van der Waals surface area (Å²) >= 11 is 5.41. The average Bonchev–Trinajstić information content (AvgIpc) is 2.07. The van der Waals surface area contributed by atoms with Crippen LogP contribution in [0.1, 0.15) is 19.4 Å². The van der Waals surface area contributed by atoms with Gasteiger partial charge >= 0.3 is 0 Å². The molecule has 0 aliphatic carbocycles. The van der Waals surface area contributed by atoms with Crippen LogP contribution in [0, 0.1) is 0 Å². The summed E-state index contributed by atoms with van der Waals surface area (Å²) in [4.78, 5) is 0. The molecular formula is C10H14BrNS. The molecule has 13 heavy (non-hydrogen) atoms. The number of hydrogen-bond acceptors (Lipinski definition) is 2. The fourth-order valence-corrected chi connectivity index (χ4v) is 2.31. The van der Waals surface area contributed by atoms with E-state index >= 15 is 0 Å². The van der Waals surface area contributed by atoms with Crippen LogP contribution in [0.5, 0.6) is 0 Å². The average molecular weight is 260 g/mol. The van der Waals surface area contributed by atoms with E-state index in [1.54, 1.807) is 0 Å². The molecule has 1 rings (SSSR count). The molecule has 3 heteroatoms. The third kappa shape index (κ3) is 3.24. The van der Waals surface area contributed by atoms with Gasteiger partial charge in [0.05, 0.1) is 0 Å². The van der Waals surface area contributed by atoms with Crippen LogP contribution in [-0.2, 0) is 5.75 Å². The molecule has 1 nitrogen and oxygen atoms in total. The van der Waals surface area contributed by atoms with Crippen molar-refractivity contribution in [3.8, 4) is 0 Å². The lowest BCUT2D eigenvalue weighted by molar-refractivity contribution is 1.11. The maximum atomic E-state index is 5.77. The van der Waals surface area contributed by atoms with Gasteiger partial charge in [0.15, 0.2) is 0 Å². The number of anilines is 1. The molecule has 0 saturated carbocycles. The molecule has 0 fully saturated rings. The summed E-state index contributed by atoms with van der Waals surface area (Å²) in [6.07, 6.45) is 0. The number of halogens is 1. The Balaban J connectivity index is 2.71. The van der Waals surface area contributed by atoms with E-state index in [9.17, 15) is 0 Å². The van der Waals surface area contributed by atoms with Gasteiger partial charge in [-0.1, -0.05) is 26.0 Å². The fourth-order valence-electron chi connectivity index (χ4n) is 0.968. The highest BCUT2D eigenvalue weighted by molar-refractivity contribution is 9.10. The Morgan fingerprint density at radius 1 is 1.46 bits per heavy atom. The topological polar surface area (TPSA) is 26.0 Å². The highest BCUT2D eigenvalue weighted by atomic mass is 79.9. The lowest BCUT2D eigenvalue weighted by Crippen LogP contribution is -1.93. The minimum Gasteiger partial charge on any atom is -0.398 e. The van der Waals surface area contributed by atoms with Crippen LogP contribution in [0.3, 0.4) is 0 Å². The summed E-state index contributed by atoms with van der Waals surface area (Å²) in [7, 11) is 0. The number of rotatable bonds is 3. The van der Waals surface area contributed by atoms with Crippen LogP contribution in [0.25, 0.3) is 0 Å². The lowest BCUT2D eigenvalue weighted by atomic mass is 10.2. The number of thioether (sulfide) groups is 1. The van der Waals surface area contributed by atoms with Crippen molar-refractivity contribution in [3.63, 3.8) is 0 Å². The molecule has 0 aromatic heterocycles. The van der Waals surface area contributed by atoms with Gasteiger partial charge in [-0.3, -0.25) is 0 Å². The Hall–Kier alpha value is -0.150. The van der Waals surface area contributed by atoms with Crippen molar-refractivity contribution in [3.05, 3.63) is 28.2 Å². The molecule has 0 unspecified atom stereocenters. The highest BCUT2D eigenvalue weighted by Gasteiger charge is 2.03. The van der Waals surface area contributed by atoms with Crippen LogP contribution >= 0.6 is 27.7 Å². The van der Waals surface area contributed by atoms with E-state index in [0.717, 1.165) is 15.9 Å². The second kappa shape index (κ2) is 4.91. The predicted octanol–water partition coefficient (Wildman–Crippen LogP) is 3.67. The third-order valence-electron chi connectivity index (χ3n) is 1.68. The van der Waals surface area contributed by atoms with Gasteiger partial charge in [-0.2, -0.15) is 11.8 Å². The van der Waals surface area contributed by atoms with Gasteiger partial charge in [0.2, 0.25) is 0 Å². The van der Waals surface area contributed by atoms with Crippen molar-refractivity contribution in [1.82, 2.24) is 0 Å². The molecular weight excluding hydrogens is 246 g/mol. The third-order valence-corrected chi connectivity index (χ3v) is 3.79. The molecule has 0 heterocycles. The van der Waals surface area contributed by atoms with Gasteiger partial charge in [0, 0.05) is 15.9 Å². The molecule has 1 aromatic rings. The van der Waals surface area contributed by atoms with Crippen molar-refractivity contribution in [2.45, 2.75) is 24.9 Å². The molecule has 0 radical (unpaired) electrons. The Kier molecular flexibility index (Phi) is 4.13. The summed E-state index contributed by atoms with van der Waals surface area (Å²) in [6, 6.07) is 6.01. The molecule has 0 atom stereocenters. The Labute approximate surface area is 92.2 Å². The summed E-state index contributed by atoms with van der Waals surface area (Å²) in [5, 5.41) is 0.660. The molecule has 0 spiro atoms. The Morgan fingerprint density at radius 2 is 2.15 bits per heavy atom. The monoisotopic (exact) mass is 259 g/mol. The van der Waals surface area contributed by atoms with Crippen molar-refractivity contribution in [1.29, 1.82) is 0 Å². The van der Waals surface area contributed by atoms with Crippen molar-refractivity contribution in [2.75, 3.05) is 5.73 Å². The molecule has 0 bridgehead atoms. The molecule has 1 aromatic carbocycles. The van der Waals surface area contributed by atoms with Gasteiger partial charge in [-0.15, -0.1) is 0 Å². The smallest absolute Gasteiger partial charge is 0.0461 e. The fraction of sp³-hybridized carbons (Fsp3) is 0.400. The first-order valence-electron chi connectivity index (χ1n) is 4.25. The summed E-state index contributed by atoms with van der Waals surface area (Å²) < 4.78 is 1.04. The molecule has 2 N–H and O–H groups in total. The predicted molar refractivity (Wildman–Crippen MR) is 65.0 cm³/mol. The van der Waals surface area contributed by atoms with Crippen molar-refractivity contribution >= 4 is 33.4 Å². The highest BCUT2D eigenvalue weighted by Crippen LogP contribution is 2.28. The van der Waals surface area contributed by atoms with E-state index in [-0.39, 0.29) is 0 Å². The molecule has 72 valence electrons. The number of benzene rings is 1. The van der Waals surface area contributed by atoms with E-state index < -0.39 is 0 Å². The summed E-state index contributed by atoms with van der Waals surface area (Å²) in [6.45, 7) is 4.40. The number of nitrogens with two attached hydrogens (primary N) is 1. The van der Waals surface area contributed by atoms with Gasteiger partial charge in [-0.25, -0.2) is 0 Å². The normalized spacial score (nSPS) is 10.8. The van der Waals surface area contributed by atoms with E-state index in [1.807, 2.05) is 23.9 Å². The SMILES string of the molecule is CC(C)SCc1cccc(N)c1Br. The number of hydrogen-bond donors (Lipinski definition) is 1. The molecule has 0 saturated heterocycles. The van der Waals surface area contributed by atoms with Gasteiger partial charge in [0.1, 0.15) is 0 Å². The quantitative estimate of drug-likeness (QED) is 0.839. The Morgan fingerprint density at radius 3 is 2.77 bits per heavy atom. The van der Waals surface area contributed by atoms with Crippen LogP contribution < -0.4 is 5.73 Å². The summed E-state index contributed by atoms with van der Waals surface area (Å²) in [5.41, 5.74) is 7.87. The first-order chi connectivity index (χ1) is 6.11. The minimum absolute atomic E-state index is 0.660. The second-order valence-corrected chi connectivity index (χ2v) is 5.54. The zero-order valence-corrected chi connectivity index (χ0v) is 10.3. The van der Waals surface area contributed by atoms with Crippen molar-refractivity contribution in [2.24, 2.45) is 0 Å². The van der Waals surface area contributed by atoms with Gasteiger partial charge < -0.3 is 5.73 Å². The van der Waals surface area contributed by atoms with Crippen LogP contribution in [0.15, 0.2) is 22.7 Å². The maximum absolute atomic E-state index is 5.77. The molecule has 0 aliphatic rings. The van der Waals surface area contributed by atoms with E-state index in [1.165, 1.54) is 5.56 Å².